The molecule has 21 heavy (non-hydrogen) atoms. The number of pyridine rings is 1. The van der Waals surface area contributed by atoms with Gasteiger partial charge in [-0.3, -0.25) is 9.48 Å². The van der Waals surface area contributed by atoms with Gasteiger partial charge in [0.25, 0.3) is 5.56 Å². The molecule has 3 aromatic heterocycles. The van der Waals surface area contributed by atoms with Crippen molar-refractivity contribution in [3.05, 3.63) is 45.2 Å². The molecular weight excluding hydrogens is 336 g/mol. The number of rotatable bonds is 3. The van der Waals surface area contributed by atoms with Crippen LogP contribution in [0.25, 0.3) is 11.0 Å². The van der Waals surface area contributed by atoms with Gasteiger partial charge in [-0.1, -0.05) is 0 Å². The third kappa shape index (κ3) is 2.54. The van der Waals surface area contributed by atoms with Crippen molar-refractivity contribution >= 4 is 32.8 Å². The van der Waals surface area contributed by atoms with Gasteiger partial charge in [-0.2, -0.15) is 5.10 Å². The Morgan fingerprint density at radius 3 is 2.90 bits per heavy atom. The number of fused-ring (bicyclic) bond motifs is 1. The summed E-state index contributed by atoms with van der Waals surface area (Å²) >= 11 is 3.36. The fourth-order valence-electron chi connectivity index (χ4n) is 2.11. The molecule has 0 radical (unpaired) electrons. The summed E-state index contributed by atoms with van der Waals surface area (Å²) in [5, 5.41) is 8.07. The Morgan fingerprint density at radius 1 is 1.33 bits per heavy atom. The summed E-state index contributed by atoms with van der Waals surface area (Å²) in [6.07, 6.45) is 3.44. The zero-order valence-corrected chi connectivity index (χ0v) is 13.1. The number of hydrogen-bond acceptors (Lipinski definition) is 5. The summed E-state index contributed by atoms with van der Waals surface area (Å²) in [7, 11) is 3.62. The molecule has 0 bridgehead atoms. The number of hydrogen-bond donors (Lipinski definition) is 1. The predicted molar refractivity (Wildman–Crippen MR) is 83.4 cm³/mol. The van der Waals surface area contributed by atoms with Crippen LogP contribution < -0.4 is 10.9 Å². The van der Waals surface area contributed by atoms with E-state index in [-0.39, 0.29) is 5.56 Å². The summed E-state index contributed by atoms with van der Waals surface area (Å²) in [5.41, 5.74) is 0.630. The van der Waals surface area contributed by atoms with Crippen molar-refractivity contribution in [1.29, 1.82) is 0 Å². The van der Waals surface area contributed by atoms with E-state index < -0.39 is 0 Å². The molecule has 0 aliphatic heterocycles. The van der Waals surface area contributed by atoms with E-state index in [4.69, 9.17) is 0 Å². The molecule has 0 saturated carbocycles. The molecule has 0 unspecified atom stereocenters. The average Bonchev–Trinajstić information content (AvgIpc) is 2.84. The summed E-state index contributed by atoms with van der Waals surface area (Å²) in [6.45, 7) is 0.300. The molecule has 0 amide bonds. The van der Waals surface area contributed by atoms with Crippen molar-refractivity contribution in [1.82, 2.24) is 24.3 Å². The van der Waals surface area contributed by atoms with E-state index in [0.29, 0.717) is 18.2 Å². The van der Waals surface area contributed by atoms with Crippen molar-refractivity contribution < 1.29 is 0 Å². The molecule has 0 aliphatic rings. The van der Waals surface area contributed by atoms with Crippen LogP contribution in [0.1, 0.15) is 5.82 Å². The molecule has 0 fully saturated rings. The van der Waals surface area contributed by atoms with Gasteiger partial charge in [0.1, 0.15) is 5.82 Å². The van der Waals surface area contributed by atoms with E-state index in [1.54, 1.807) is 34.8 Å². The van der Waals surface area contributed by atoms with Crippen molar-refractivity contribution in [3.63, 3.8) is 0 Å². The quantitative estimate of drug-likeness (QED) is 0.773. The van der Waals surface area contributed by atoms with Gasteiger partial charge < -0.3 is 9.88 Å². The van der Waals surface area contributed by atoms with Crippen molar-refractivity contribution in [2.75, 3.05) is 12.4 Å². The second kappa shape index (κ2) is 5.28. The minimum absolute atomic E-state index is 0.0992. The first-order valence-electron chi connectivity index (χ1n) is 6.31. The number of aryl methyl sites for hydroxylation is 1. The van der Waals surface area contributed by atoms with E-state index in [9.17, 15) is 4.79 Å². The van der Waals surface area contributed by atoms with Gasteiger partial charge in [-0.05, 0) is 22.0 Å². The molecule has 0 aliphatic carbocycles. The average molecular weight is 349 g/mol. The SMILES string of the molecule is CNc1nc(Cn2cc(Br)ccc2=O)nc2c1cnn2C. The lowest BCUT2D eigenvalue weighted by Gasteiger charge is -2.08. The molecular formula is C13H13BrN6O. The van der Waals surface area contributed by atoms with Gasteiger partial charge in [0.15, 0.2) is 11.5 Å². The molecule has 0 atom stereocenters. The summed E-state index contributed by atoms with van der Waals surface area (Å²) in [6, 6.07) is 3.22. The van der Waals surface area contributed by atoms with Crippen LogP contribution in [0.15, 0.2) is 33.8 Å². The Kier molecular flexibility index (Phi) is 3.46. The van der Waals surface area contributed by atoms with Crippen molar-refractivity contribution in [2.24, 2.45) is 7.05 Å². The Hall–Kier alpha value is -2.22. The lowest BCUT2D eigenvalue weighted by molar-refractivity contribution is 0.709. The first kappa shape index (κ1) is 13.7. The maximum Gasteiger partial charge on any atom is 0.250 e. The monoisotopic (exact) mass is 348 g/mol. The minimum Gasteiger partial charge on any atom is -0.372 e. The molecule has 3 heterocycles. The van der Waals surface area contributed by atoms with E-state index >= 15 is 0 Å². The van der Waals surface area contributed by atoms with Crippen molar-refractivity contribution in [3.8, 4) is 0 Å². The smallest absolute Gasteiger partial charge is 0.250 e. The molecule has 0 aromatic carbocycles. The van der Waals surface area contributed by atoms with Gasteiger partial charge >= 0.3 is 0 Å². The zero-order valence-electron chi connectivity index (χ0n) is 11.5. The van der Waals surface area contributed by atoms with E-state index in [2.05, 4.69) is 36.3 Å². The Bertz CT molecular complexity index is 869. The van der Waals surface area contributed by atoms with Gasteiger partial charge in [0.2, 0.25) is 0 Å². The largest absolute Gasteiger partial charge is 0.372 e. The van der Waals surface area contributed by atoms with Gasteiger partial charge in [0.05, 0.1) is 18.1 Å². The molecule has 3 aromatic rings. The third-order valence-electron chi connectivity index (χ3n) is 3.13. The molecule has 1 N–H and O–H groups in total. The fraction of sp³-hybridized carbons (Fsp3) is 0.231. The normalized spacial score (nSPS) is 11.0. The number of halogens is 1. The highest BCUT2D eigenvalue weighted by Gasteiger charge is 2.11. The summed E-state index contributed by atoms with van der Waals surface area (Å²) in [4.78, 5) is 20.8. The lowest BCUT2D eigenvalue weighted by Crippen LogP contribution is -2.20. The van der Waals surface area contributed by atoms with Crippen LogP contribution >= 0.6 is 15.9 Å². The first-order chi connectivity index (χ1) is 10.1. The van der Waals surface area contributed by atoms with E-state index in [1.165, 1.54) is 6.07 Å². The fourth-order valence-corrected chi connectivity index (χ4v) is 2.49. The zero-order chi connectivity index (χ0) is 15.0. The lowest BCUT2D eigenvalue weighted by atomic mass is 10.3. The van der Waals surface area contributed by atoms with Gasteiger partial charge in [-0.25, -0.2) is 9.97 Å². The molecule has 0 saturated heterocycles. The standard InChI is InChI=1S/C13H13BrN6O/c1-15-12-9-5-16-19(2)13(9)18-10(17-12)7-20-6-8(14)3-4-11(20)21/h3-6H,7H2,1-2H3,(H,15,17,18). The molecule has 7 nitrogen and oxygen atoms in total. The number of anilines is 1. The van der Waals surface area contributed by atoms with Crippen LogP contribution in [-0.4, -0.2) is 31.4 Å². The maximum atomic E-state index is 11.9. The van der Waals surface area contributed by atoms with Crippen LogP contribution in [-0.2, 0) is 13.6 Å². The van der Waals surface area contributed by atoms with Crippen molar-refractivity contribution in [2.45, 2.75) is 6.54 Å². The highest BCUT2D eigenvalue weighted by molar-refractivity contribution is 9.10. The second-order valence-corrected chi connectivity index (χ2v) is 5.47. The molecule has 3 rings (SSSR count). The minimum atomic E-state index is -0.0992. The molecule has 108 valence electrons. The van der Waals surface area contributed by atoms with Crippen LogP contribution in [0.2, 0.25) is 0 Å². The maximum absolute atomic E-state index is 11.9. The van der Waals surface area contributed by atoms with E-state index in [0.717, 1.165) is 15.5 Å². The summed E-state index contributed by atoms with van der Waals surface area (Å²) < 4.78 is 4.07. The molecule has 0 spiro atoms. The van der Waals surface area contributed by atoms with Crippen LogP contribution in [0, 0.1) is 0 Å². The number of aromatic nitrogens is 5. The van der Waals surface area contributed by atoms with Gasteiger partial charge in [0, 0.05) is 30.8 Å². The van der Waals surface area contributed by atoms with Gasteiger partial charge in [-0.15, -0.1) is 0 Å². The Morgan fingerprint density at radius 2 is 2.14 bits per heavy atom. The first-order valence-corrected chi connectivity index (χ1v) is 7.10. The van der Waals surface area contributed by atoms with Crippen LogP contribution in [0.5, 0.6) is 0 Å². The Balaban J connectivity index is 2.10. The topological polar surface area (TPSA) is 77.6 Å². The number of nitrogens with one attached hydrogen (secondary N) is 1. The Labute approximate surface area is 128 Å². The molecule has 8 heteroatoms. The van der Waals surface area contributed by atoms with E-state index in [1.807, 2.05) is 7.05 Å². The summed E-state index contributed by atoms with van der Waals surface area (Å²) in [5.74, 6) is 1.25. The highest BCUT2D eigenvalue weighted by atomic mass is 79.9. The third-order valence-corrected chi connectivity index (χ3v) is 3.60. The predicted octanol–water partition coefficient (Wildman–Crippen LogP) is 1.38. The van der Waals surface area contributed by atoms with Crippen LogP contribution in [0.3, 0.4) is 0 Å². The second-order valence-electron chi connectivity index (χ2n) is 4.56. The van der Waals surface area contributed by atoms with Crippen LogP contribution in [0.4, 0.5) is 5.82 Å². The highest BCUT2D eigenvalue weighted by Crippen LogP contribution is 2.19. The number of nitrogens with zero attached hydrogens (tertiary/aromatic N) is 5.